The van der Waals surface area contributed by atoms with Crippen LogP contribution in [-0.2, 0) is 4.79 Å². The van der Waals surface area contributed by atoms with Crippen molar-refractivity contribution in [3.63, 3.8) is 0 Å². The highest BCUT2D eigenvalue weighted by atomic mass is 16.6. The van der Waals surface area contributed by atoms with Crippen molar-refractivity contribution in [2.75, 3.05) is 6.61 Å². The summed E-state index contributed by atoms with van der Waals surface area (Å²) in [6, 6.07) is 17.3. The van der Waals surface area contributed by atoms with E-state index in [0.717, 1.165) is 5.56 Å². The first-order valence-electron chi connectivity index (χ1n) is 8.35. The fraction of sp³-hybridized carbons (Fsp3) is 0.143. The van der Waals surface area contributed by atoms with Gasteiger partial charge in [-0.25, -0.2) is 5.43 Å². The van der Waals surface area contributed by atoms with Crippen LogP contribution in [0.3, 0.4) is 0 Å². The maximum Gasteiger partial charge on any atom is 0.284 e. The molecule has 26 heavy (non-hydrogen) atoms. The monoisotopic (exact) mass is 348 g/mol. The van der Waals surface area contributed by atoms with Gasteiger partial charge in [0.2, 0.25) is 6.10 Å². The van der Waals surface area contributed by atoms with Crippen LogP contribution in [0.25, 0.3) is 6.08 Å². The van der Waals surface area contributed by atoms with Crippen LogP contribution in [0.1, 0.15) is 12.5 Å². The molecular formula is C21H20N2O3. The summed E-state index contributed by atoms with van der Waals surface area (Å²) in [5.74, 6) is 0.863. The number of rotatable bonds is 5. The van der Waals surface area contributed by atoms with Gasteiger partial charge in [0.15, 0.2) is 11.5 Å². The van der Waals surface area contributed by atoms with E-state index in [9.17, 15) is 4.79 Å². The van der Waals surface area contributed by atoms with Gasteiger partial charge in [-0.3, -0.25) is 4.79 Å². The van der Waals surface area contributed by atoms with Crippen molar-refractivity contribution in [2.45, 2.75) is 13.0 Å². The number of carbonyl (C=O) groups excluding carboxylic acids is 1. The molecule has 3 rings (SSSR count). The predicted octanol–water partition coefficient (Wildman–Crippen LogP) is 3.59. The number of hydrogen-bond acceptors (Lipinski definition) is 4. The van der Waals surface area contributed by atoms with Crippen LogP contribution in [0.2, 0.25) is 0 Å². The van der Waals surface area contributed by atoms with Gasteiger partial charge in [0.1, 0.15) is 6.61 Å². The van der Waals surface area contributed by atoms with Gasteiger partial charge in [-0.1, -0.05) is 60.7 Å². The van der Waals surface area contributed by atoms with E-state index in [2.05, 4.69) is 10.5 Å². The summed E-state index contributed by atoms with van der Waals surface area (Å²) >= 11 is 0. The second-order valence-electron chi connectivity index (χ2n) is 5.72. The first-order chi connectivity index (χ1) is 12.7. The molecule has 1 N–H and O–H groups in total. The van der Waals surface area contributed by atoms with Crippen LogP contribution in [0, 0.1) is 0 Å². The van der Waals surface area contributed by atoms with Crippen molar-refractivity contribution >= 4 is 17.7 Å². The van der Waals surface area contributed by atoms with E-state index in [1.165, 1.54) is 0 Å². The molecule has 0 unspecified atom stereocenters. The third-order valence-electron chi connectivity index (χ3n) is 3.68. The number of para-hydroxylation sites is 2. The van der Waals surface area contributed by atoms with E-state index in [1.807, 2.05) is 66.8 Å². The molecule has 1 amide bonds. The van der Waals surface area contributed by atoms with Crippen LogP contribution in [0.4, 0.5) is 0 Å². The molecule has 0 radical (unpaired) electrons. The van der Waals surface area contributed by atoms with E-state index in [-0.39, 0.29) is 12.5 Å². The highest BCUT2D eigenvalue weighted by Crippen LogP contribution is 2.30. The minimum absolute atomic E-state index is 0.160. The van der Waals surface area contributed by atoms with Crippen molar-refractivity contribution in [1.82, 2.24) is 5.43 Å². The molecule has 0 spiro atoms. The molecule has 1 heterocycles. The van der Waals surface area contributed by atoms with Crippen molar-refractivity contribution in [3.05, 3.63) is 78.4 Å². The molecule has 0 fully saturated rings. The lowest BCUT2D eigenvalue weighted by Crippen LogP contribution is -2.42. The fourth-order valence-corrected chi connectivity index (χ4v) is 2.33. The molecule has 1 atom stereocenters. The number of benzene rings is 2. The molecule has 0 saturated heterocycles. The van der Waals surface area contributed by atoms with Crippen molar-refractivity contribution in [2.24, 2.45) is 5.10 Å². The highest BCUT2D eigenvalue weighted by molar-refractivity contribution is 5.94. The lowest BCUT2D eigenvalue weighted by molar-refractivity contribution is -0.130. The maximum atomic E-state index is 12.2. The zero-order valence-corrected chi connectivity index (χ0v) is 14.5. The summed E-state index contributed by atoms with van der Waals surface area (Å²) in [5.41, 5.74) is 4.30. The second-order valence-corrected chi connectivity index (χ2v) is 5.72. The largest absolute Gasteiger partial charge is 0.485 e. The van der Waals surface area contributed by atoms with E-state index in [4.69, 9.17) is 9.47 Å². The van der Waals surface area contributed by atoms with Gasteiger partial charge >= 0.3 is 0 Å². The van der Waals surface area contributed by atoms with E-state index >= 15 is 0 Å². The van der Waals surface area contributed by atoms with Gasteiger partial charge in [-0.05, 0) is 30.7 Å². The smallest absolute Gasteiger partial charge is 0.284 e. The van der Waals surface area contributed by atoms with E-state index in [1.54, 1.807) is 19.1 Å². The summed E-state index contributed by atoms with van der Waals surface area (Å²) in [4.78, 5) is 12.2. The molecule has 0 aromatic heterocycles. The zero-order chi connectivity index (χ0) is 18.2. The van der Waals surface area contributed by atoms with E-state index in [0.29, 0.717) is 17.2 Å². The Morgan fingerprint density at radius 2 is 1.81 bits per heavy atom. The molecule has 132 valence electrons. The Kier molecular flexibility index (Phi) is 5.83. The zero-order valence-electron chi connectivity index (χ0n) is 14.5. The Morgan fingerprint density at radius 3 is 2.62 bits per heavy atom. The lowest BCUT2D eigenvalue weighted by Gasteiger charge is -2.24. The average Bonchev–Trinajstić information content (AvgIpc) is 2.70. The number of ether oxygens (including phenoxy) is 2. The van der Waals surface area contributed by atoms with Gasteiger partial charge in [-0.15, -0.1) is 0 Å². The van der Waals surface area contributed by atoms with Crippen molar-refractivity contribution in [3.8, 4) is 11.5 Å². The molecule has 0 bridgehead atoms. The number of nitrogens with zero attached hydrogens (tertiary/aromatic N) is 1. The number of amides is 1. The van der Waals surface area contributed by atoms with Crippen LogP contribution < -0.4 is 14.9 Å². The standard InChI is InChI=1S/C21H20N2O3/c1-16(9-5-6-12-17-10-3-2-4-11-17)22-23-21(24)20-15-25-18-13-7-8-14-19(18)26-20/h2-14,20H,15H2,1H3,(H,23,24)/b9-5+,12-6+,22-16-/t20-/m0/s1. The number of nitrogens with one attached hydrogen (secondary N) is 1. The average molecular weight is 348 g/mol. The number of fused-ring (bicyclic) bond motifs is 1. The third kappa shape index (κ3) is 4.83. The summed E-state index contributed by atoms with van der Waals surface area (Å²) in [6.45, 7) is 1.97. The van der Waals surface area contributed by atoms with Gasteiger partial charge in [0, 0.05) is 0 Å². The Morgan fingerprint density at radius 1 is 1.08 bits per heavy atom. The van der Waals surface area contributed by atoms with Crippen LogP contribution in [-0.4, -0.2) is 24.3 Å². The van der Waals surface area contributed by atoms with E-state index < -0.39 is 6.10 Å². The molecule has 0 saturated carbocycles. The topological polar surface area (TPSA) is 59.9 Å². The molecule has 1 aliphatic rings. The second kappa shape index (κ2) is 8.67. The SMILES string of the molecule is CC(/C=C/C=C/c1ccccc1)=N/NC(=O)[C@@H]1COc2ccccc2O1. The van der Waals surface area contributed by atoms with Crippen molar-refractivity contribution < 1.29 is 14.3 Å². The van der Waals surface area contributed by atoms with Crippen LogP contribution >= 0.6 is 0 Å². The van der Waals surface area contributed by atoms with Crippen molar-refractivity contribution in [1.29, 1.82) is 0 Å². The molecule has 0 aliphatic carbocycles. The minimum Gasteiger partial charge on any atom is -0.485 e. The Balaban J connectivity index is 1.50. The number of hydrogen-bond donors (Lipinski definition) is 1. The Labute approximate surface area is 152 Å². The fourth-order valence-electron chi connectivity index (χ4n) is 2.33. The summed E-state index contributed by atoms with van der Waals surface area (Å²) < 4.78 is 11.2. The molecule has 2 aromatic carbocycles. The third-order valence-corrected chi connectivity index (χ3v) is 3.68. The van der Waals surface area contributed by atoms with Crippen LogP contribution in [0.15, 0.2) is 77.9 Å². The normalized spacial score (nSPS) is 16.8. The summed E-state index contributed by atoms with van der Waals surface area (Å²) in [7, 11) is 0. The van der Waals surface area contributed by atoms with Gasteiger partial charge < -0.3 is 9.47 Å². The van der Waals surface area contributed by atoms with Gasteiger partial charge in [0.25, 0.3) is 5.91 Å². The quantitative estimate of drug-likeness (QED) is 0.510. The predicted molar refractivity (Wildman–Crippen MR) is 102 cm³/mol. The number of hydrazone groups is 1. The Bertz CT molecular complexity index is 841. The van der Waals surface area contributed by atoms with Gasteiger partial charge in [-0.2, -0.15) is 5.10 Å². The molecular weight excluding hydrogens is 328 g/mol. The number of carbonyl (C=O) groups is 1. The molecule has 1 aliphatic heterocycles. The Hall–Kier alpha value is -3.34. The molecule has 2 aromatic rings. The summed E-state index contributed by atoms with van der Waals surface area (Å²) in [5, 5.41) is 4.06. The maximum absolute atomic E-state index is 12.2. The van der Waals surface area contributed by atoms with Crippen LogP contribution in [0.5, 0.6) is 11.5 Å². The van der Waals surface area contributed by atoms with Gasteiger partial charge in [0.05, 0.1) is 5.71 Å². The number of allylic oxidation sites excluding steroid dienone is 3. The highest BCUT2D eigenvalue weighted by Gasteiger charge is 2.26. The molecule has 5 heteroatoms. The molecule has 5 nitrogen and oxygen atoms in total. The first kappa shape index (κ1) is 17.5. The summed E-state index contributed by atoms with van der Waals surface area (Å²) in [6.07, 6.45) is 6.88. The minimum atomic E-state index is -0.719. The lowest BCUT2D eigenvalue weighted by atomic mass is 10.2. The first-order valence-corrected chi connectivity index (χ1v) is 8.35.